The molecule has 4 rings (SSSR count). The van der Waals surface area contributed by atoms with Crippen molar-refractivity contribution in [1.82, 2.24) is 25.2 Å². The minimum absolute atomic E-state index is 0.000264. The maximum absolute atomic E-state index is 11.8. The van der Waals surface area contributed by atoms with Gasteiger partial charge < -0.3 is 45.0 Å². The molecule has 1 saturated heterocycles. The number of aromatic nitrogens is 3. The number of methoxy groups -OCH3 is 2. The van der Waals surface area contributed by atoms with Crippen molar-refractivity contribution in [3.8, 4) is 0 Å². The van der Waals surface area contributed by atoms with E-state index in [1.807, 2.05) is 20.2 Å². The molecule has 2 aromatic heterocycles. The summed E-state index contributed by atoms with van der Waals surface area (Å²) in [5.74, 6) is 1.13. The zero-order valence-corrected chi connectivity index (χ0v) is 24.5. The minimum Gasteiger partial charge on any atom is -0.499 e. The van der Waals surface area contributed by atoms with Crippen LogP contribution in [0, 0.1) is 5.92 Å². The van der Waals surface area contributed by atoms with E-state index in [1.165, 1.54) is 6.08 Å². The van der Waals surface area contributed by atoms with E-state index < -0.39 is 11.3 Å². The number of nitrogens with one attached hydrogen (secondary N) is 2. The van der Waals surface area contributed by atoms with E-state index in [-0.39, 0.29) is 17.9 Å². The Labute approximate surface area is 244 Å². The number of rotatable bonds is 12. The molecule has 1 aliphatic carbocycles. The van der Waals surface area contributed by atoms with E-state index in [4.69, 9.17) is 47.4 Å². The van der Waals surface area contributed by atoms with Crippen molar-refractivity contribution in [2.75, 3.05) is 66.5 Å². The summed E-state index contributed by atoms with van der Waals surface area (Å²) in [6, 6.07) is 1.72. The Morgan fingerprint density at radius 2 is 2.10 bits per heavy atom. The SMILES string of the molecule is C=CC(=O)NC1COCC1C[N-]c1ncc2cc(C3C(Cl)=C(OC)C=C(OC)C3Cl)nc(NCCN(C)C)c2n1. The van der Waals surface area contributed by atoms with Crippen LogP contribution >= 0.6 is 23.2 Å². The number of alkyl halides is 1. The van der Waals surface area contributed by atoms with E-state index in [0.717, 1.165) is 11.9 Å². The number of amides is 1. The number of fused-ring (bicyclic) bond motifs is 1. The fraction of sp³-hybridized carbons (Fsp3) is 0.481. The van der Waals surface area contributed by atoms with Gasteiger partial charge in [-0.3, -0.25) is 4.79 Å². The number of allylic oxidation sites excluding steroid dienone is 3. The summed E-state index contributed by atoms with van der Waals surface area (Å²) in [6.45, 7) is 6.22. The largest absolute Gasteiger partial charge is 0.499 e. The van der Waals surface area contributed by atoms with Crippen LogP contribution in [0.3, 0.4) is 0 Å². The Kier molecular flexibility index (Phi) is 10.1. The van der Waals surface area contributed by atoms with E-state index >= 15 is 0 Å². The lowest BCUT2D eigenvalue weighted by atomic mass is 9.93. The highest BCUT2D eigenvalue weighted by Crippen LogP contribution is 2.43. The van der Waals surface area contributed by atoms with Crippen LogP contribution in [-0.4, -0.2) is 98.3 Å². The van der Waals surface area contributed by atoms with Gasteiger partial charge in [0.2, 0.25) is 5.91 Å². The molecule has 2 N–H and O–H groups in total. The van der Waals surface area contributed by atoms with Gasteiger partial charge in [-0.15, -0.1) is 11.6 Å². The highest BCUT2D eigenvalue weighted by atomic mass is 35.5. The number of hydrogen-bond acceptors (Lipinski definition) is 9. The molecule has 3 heterocycles. The first-order chi connectivity index (χ1) is 19.2. The summed E-state index contributed by atoms with van der Waals surface area (Å²) in [4.78, 5) is 27.9. The van der Waals surface area contributed by atoms with Gasteiger partial charge in [0, 0.05) is 36.5 Å². The molecule has 4 unspecified atom stereocenters. The topological polar surface area (TPSA) is 125 Å². The lowest BCUT2D eigenvalue weighted by Gasteiger charge is -2.29. The van der Waals surface area contributed by atoms with Crippen LogP contribution in [0.5, 0.6) is 0 Å². The van der Waals surface area contributed by atoms with Gasteiger partial charge in [0.05, 0.1) is 50.1 Å². The molecule has 0 saturated carbocycles. The standard InChI is InChI=1S/C27H35Cl2N7O4/c1-6-21(37)33-18-14-40-13-16(18)12-32-27-31-11-15-9-17(34-26(25(15)35-27)30-7-8-36(2)3)22-23(28)19(38-4)10-20(39-5)24(22)29/h6,9-11,16,18,22-23H,1,7-8,12-14H2,2-5H3,(H3,30,31,32,33,34,35,37)/p-1. The third kappa shape index (κ3) is 6.77. The maximum Gasteiger partial charge on any atom is 0.243 e. The van der Waals surface area contributed by atoms with E-state index in [9.17, 15) is 4.79 Å². The monoisotopic (exact) mass is 590 g/mol. The van der Waals surface area contributed by atoms with Crippen molar-refractivity contribution >= 4 is 51.8 Å². The van der Waals surface area contributed by atoms with Crippen LogP contribution in [0.2, 0.25) is 0 Å². The zero-order valence-electron chi connectivity index (χ0n) is 23.0. The number of ether oxygens (including phenoxy) is 3. The second kappa shape index (κ2) is 13.5. The number of carbonyl (C=O) groups excluding carboxylic acids is 1. The van der Waals surface area contributed by atoms with E-state index in [1.54, 1.807) is 26.5 Å². The predicted molar refractivity (Wildman–Crippen MR) is 156 cm³/mol. The predicted octanol–water partition coefficient (Wildman–Crippen LogP) is 3.65. The van der Waals surface area contributed by atoms with Crippen LogP contribution < -0.4 is 10.6 Å². The van der Waals surface area contributed by atoms with Crippen LogP contribution in [0.4, 0.5) is 11.8 Å². The van der Waals surface area contributed by atoms with Gasteiger partial charge in [-0.25, -0.2) is 4.98 Å². The van der Waals surface area contributed by atoms with Gasteiger partial charge >= 0.3 is 0 Å². The van der Waals surface area contributed by atoms with Gasteiger partial charge in [-0.2, -0.15) is 0 Å². The molecular formula is C27H34Cl2N7O4-. The summed E-state index contributed by atoms with van der Waals surface area (Å²) in [6.07, 6.45) is 4.64. The van der Waals surface area contributed by atoms with Crippen LogP contribution in [0.15, 0.2) is 47.5 Å². The van der Waals surface area contributed by atoms with Crippen LogP contribution in [0.1, 0.15) is 11.6 Å². The Bertz CT molecular complexity index is 1300. The molecule has 1 aliphatic heterocycles. The quantitative estimate of drug-likeness (QED) is 0.281. The fourth-order valence-electron chi connectivity index (χ4n) is 4.52. The molecule has 11 nitrogen and oxygen atoms in total. The Morgan fingerprint density at radius 1 is 1.30 bits per heavy atom. The van der Waals surface area contributed by atoms with Gasteiger partial charge in [-0.1, -0.05) is 18.2 Å². The first-order valence-corrected chi connectivity index (χ1v) is 13.6. The molecule has 216 valence electrons. The molecule has 13 heteroatoms. The Balaban J connectivity index is 1.64. The van der Waals surface area contributed by atoms with Gasteiger partial charge in [0.25, 0.3) is 0 Å². The number of anilines is 1. The first-order valence-electron chi connectivity index (χ1n) is 12.8. The first kappa shape index (κ1) is 29.9. The normalized spacial score (nSPS) is 22.7. The number of carbonyl (C=O) groups is 1. The van der Waals surface area contributed by atoms with Crippen LogP contribution in [0.25, 0.3) is 16.2 Å². The molecule has 0 bridgehead atoms. The van der Waals surface area contributed by atoms with Crippen molar-refractivity contribution in [2.24, 2.45) is 5.92 Å². The molecule has 40 heavy (non-hydrogen) atoms. The highest BCUT2D eigenvalue weighted by molar-refractivity contribution is 6.33. The molecule has 0 aromatic carbocycles. The lowest BCUT2D eigenvalue weighted by molar-refractivity contribution is -0.117. The minimum atomic E-state index is -0.589. The number of nitrogens with zero attached hydrogens (tertiary/aromatic N) is 5. The molecule has 4 atom stereocenters. The number of halogens is 2. The molecule has 0 radical (unpaired) electrons. The van der Waals surface area contributed by atoms with Crippen molar-refractivity contribution in [1.29, 1.82) is 0 Å². The van der Waals surface area contributed by atoms with Gasteiger partial charge in [0.1, 0.15) is 22.7 Å². The highest BCUT2D eigenvalue weighted by Gasteiger charge is 2.36. The second-order valence-electron chi connectivity index (χ2n) is 9.74. The Hall–Kier alpha value is -3.12. The molecular weight excluding hydrogens is 557 g/mol. The average molecular weight is 592 g/mol. The van der Waals surface area contributed by atoms with E-state index in [2.05, 4.69) is 32.4 Å². The smallest absolute Gasteiger partial charge is 0.243 e. The summed E-state index contributed by atoms with van der Waals surface area (Å²) in [5, 5.41) is 11.5. The summed E-state index contributed by atoms with van der Waals surface area (Å²) in [5.41, 5.74) is 1.24. The summed E-state index contributed by atoms with van der Waals surface area (Å²) >= 11 is 13.6. The maximum atomic E-state index is 11.8. The molecule has 1 fully saturated rings. The molecule has 2 aromatic rings. The Morgan fingerprint density at radius 3 is 2.80 bits per heavy atom. The summed E-state index contributed by atoms with van der Waals surface area (Å²) in [7, 11) is 7.09. The molecule has 0 spiro atoms. The number of likely N-dealkylation sites (N-methyl/N-ethyl adjacent to an activating group) is 1. The zero-order chi connectivity index (χ0) is 28.8. The van der Waals surface area contributed by atoms with Crippen molar-refractivity contribution in [3.63, 3.8) is 0 Å². The molecule has 2 aliphatic rings. The lowest BCUT2D eigenvalue weighted by Crippen LogP contribution is -2.40. The van der Waals surface area contributed by atoms with Gasteiger partial charge in [-0.05, 0) is 44.4 Å². The second-order valence-corrected chi connectivity index (χ2v) is 10.6. The summed E-state index contributed by atoms with van der Waals surface area (Å²) < 4.78 is 16.5. The van der Waals surface area contributed by atoms with Crippen molar-refractivity contribution in [2.45, 2.75) is 17.3 Å². The number of hydrogen-bond donors (Lipinski definition) is 2. The van der Waals surface area contributed by atoms with Crippen molar-refractivity contribution < 1.29 is 19.0 Å². The molecule has 1 amide bonds. The third-order valence-corrected chi connectivity index (χ3v) is 7.61. The van der Waals surface area contributed by atoms with Crippen molar-refractivity contribution in [3.05, 3.63) is 58.6 Å². The third-order valence-electron chi connectivity index (χ3n) is 6.72. The average Bonchev–Trinajstić information content (AvgIpc) is 3.38. The fourth-order valence-corrected chi connectivity index (χ4v) is 5.36. The van der Waals surface area contributed by atoms with Crippen LogP contribution in [-0.2, 0) is 19.0 Å². The number of pyridine rings is 1. The van der Waals surface area contributed by atoms with Gasteiger partial charge in [0.15, 0.2) is 0 Å². The van der Waals surface area contributed by atoms with E-state index in [0.29, 0.717) is 65.8 Å².